The maximum absolute atomic E-state index is 13.5. The van der Waals surface area contributed by atoms with E-state index in [1.54, 1.807) is 23.3 Å². The Labute approximate surface area is 185 Å². The fourth-order valence-corrected chi connectivity index (χ4v) is 5.60. The first-order chi connectivity index (χ1) is 15.2. The van der Waals surface area contributed by atoms with Crippen LogP contribution in [-0.2, 0) is 9.59 Å². The molecule has 1 aliphatic carbocycles. The summed E-state index contributed by atoms with van der Waals surface area (Å²) in [5.41, 5.74) is 3.59. The number of carbonyl (C=O) groups is 2. The summed E-state index contributed by atoms with van der Waals surface area (Å²) in [6.07, 6.45) is 1.47. The molecule has 0 saturated carbocycles. The first kappa shape index (κ1) is 19.8. The van der Waals surface area contributed by atoms with Crippen molar-refractivity contribution >= 4 is 28.7 Å². The van der Waals surface area contributed by atoms with E-state index in [4.69, 9.17) is 4.74 Å². The molecule has 31 heavy (non-hydrogen) atoms. The molecular weight excluding hydrogens is 406 g/mol. The molecule has 3 aromatic rings. The molecule has 0 saturated heterocycles. The molecule has 1 aliphatic heterocycles. The van der Waals surface area contributed by atoms with Gasteiger partial charge in [-0.3, -0.25) is 14.5 Å². The first-order valence-electron chi connectivity index (χ1n) is 10.5. The lowest BCUT2D eigenvalue weighted by Gasteiger charge is -2.40. The fourth-order valence-electron chi connectivity index (χ4n) is 4.76. The van der Waals surface area contributed by atoms with E-state index in [0.29, 0.717) is 19.3 Å². The number of nitrogens with zero attached hydrogens (tertiary/aromatic N) is 1. The van der Waals surface area contributed by atoms with Crippen molar-refractivity contribution in [2.75, 3.05) is 12.0 Å². The second-order valence-electron chi connectivity index (χ2n) is 8.00. The summed E-state index contributed by atoms with van der Waals surface area (Å²) < 4.78 is 5.28. The zero-order chi connectivity index (χ0) is 21.4. The van der Waals surface area contributed by atoms with Crippen molar-refractivity contribution in [2.24, 2.45) is 0 Å². The summed E-state index contributed by atoms with van der Waals surface area (Å²) in [6.45, 7) is 0. The predicted octanol–water partition coefficient (Wildman–Crippen LogP) is 5.68. The topological polar surface area (TPSA) is 46.6 Å². The van der Waals surface area contributed by atoms with Gasteiger partial charge >= 0.3 is 0 Å². The monoisotopic (exact) mass is 429 g/mol. The quantitative estimate of drug-likeness (QED) is 0.536. The van der Waals surface area contributed by atoms with Crippen LogP contribution in [-0.4, -0.2) is 18.8 Å². The molecule has 5 heteroatoms. The van der Waals surface area contributed by atoms with Crippen LogP contribution in [0.5, 0.6) is 5.75 Å². The number of amides is 1. The number of ether oxygens (including phenoxy) is 1. The number of thiophene rings is 1. The second kappa shape index (κ2) is 8.16. The highest BCUT2D eigenvalue weighted by Crippen LogP contribution is 2.47. The van der Waals surface area contributed by atoms with E-state index in [1.165, 1.54) is 0 Å². The third-order valence-corrected chi connectivity index (χ3v) is 7.20. The van der Waals surface area contributed by atoms with Gasteiger partial charge in [-0.1, -0.05) is 36.4 Å². The second-order valence-corrected chi connectivity index (χ2v) is 8.98. The molecule has 5 rings (SSSR count). The summed E-state index contributed by atoms with van der Waals surface area (Å²) in [5.74, 6) is 0.841. The fraction of sp³-hybridized carbons (Fsp3) is 0.231. The third-order valence-electron chi connectivity index (χ3n) is 6.22. The van der Waals surface area contributed by atoms with E-state index in [2.05, 4.69) is 12.1 Å². The lowest BCUT2D eigenvalue weighted by molar-refractivity contribution is -0.120. The van der Waals surface area contributed by atoms with Crippen molar-refractivity contribution in [1.82, 2.24) is 0 Å². The molecule has 1 aromatic heterocycles. The molecule has 156 valence electrons. The average molecular weight is 430 g/mol. The maximum atomic E-state index is 13.5. The van der Waals surface area contributed by atoms with Crippen molar-refractivity contribution in [2.45, 2.75) is 31.1 Å². The SMILES string of the molecule is COc1ccc(N2C(=O)CC(c3cccs3)C3=C2CC(c2ccccc2)CC3=O)cc1. The van der Waals surface area contributed by atoms with Crippen LogP contribution in [0.2, 0.25) is 0 Å². The number of allylic oxidation sites excluding steroid dienone is 2. The molecule has 1 amide bonds. The Morgan fingerprint density at radius 1 is 0.903 bits per heavy atom. The third kappa shape index (κ3) is 3.59. The van der Waals surface area contributed by atoms with Crippen LogP contribution >= 0.6 is 11.3 Å². The van der Waals surface area contributed by atoms with Crippen molar-refractivity contribution in [3.05, 3.63) is 93.8 Å². The maximum Gasteiger partial charge on any atom is 0.232 e. The van der Waals surface area contributed by atoms with Gasteiger partial charge in [0.2, 0.25) is 5.91 Å². The Morgan fingerprint density at radius 2 is 1.68 bits per heavy atom. The molecule has 2 unspecified atom stereocenters. The van der Waals surface area contributed by atoms with Crippen LogP contribution in [0.15, 0.2) is 83.4 Å². The number of methoxy groups -OCH3 is 1. The highest BCUT2D eigenvalue weighted by Gasteiger charge is 2.42. The molecule has 2 heterocycles. The van der Waals surface area contributed by atoms with Crippen molar-refractivity contribution in [1.29, 1.82) is 0 Å². The molecule has 2 aromatic carbocycles. The lowest BCUT2D eigenvalue weighted by atomic mass is 9.74. The van der Waals surface area contributed by atoms with Gasteiger partial charge in [-0.2, -0.15) is 0 Å². The van der Waals surface area contributed by atoms with E-state index in [0.717, 1.165) is 33.1 Å². The largest absolute Gasteiger partial charge is 0.497 e. The number of hydrogen-bond donors (Lipinski definition) is 0. The molecule has 0 radical (unpaired) electrons. The highest BCUT2D eigenvalue weighted by molar-refractivity contribution is 7.10. The first-order valence-corrected chi connectivity index (χ1v) is 11.3. The minimum absolute atomic E-state index is 0.0313. The van der Waals surface area contributed by atoms with E-state index in [1.807, 2.05) is 60.0 Å². The normalized spacial score (nSPS) is 21.3. The van der Waals surface area contributed by atoms with E-state index in [-0.39, 0.29) is 23.5 Å². The van der Waals surface area contributed by atoms with E-state index in [9.17, 15) is 9.59 Å². The number of rotatable bonds is 4. The van der Waals surface area contributed by atoms with Gasteiger partial charge in [0, 0.05) is 40.6 Å². The Bertz CT molecular complexity index is 1130. The predicted molar refractivity (Wildman–Crippen MR) is 123 cm³/mol. The number of benzene rings is 2. The Balaban J connectivity index is 1.63. The standard InChI is InChI=1S/C26H23NO3S/c1-30-20-11-9-19(10-12-20)27-22-14-18(17-6-3-2-4-7-17)15-23(28)26(22)21(16-25(27)29)24-8-5-13-31-24/h2-13,18,21H,14-16H2,1H3. The molecule has 0 spiro atoms. The van der Waals surface area contributed by atoms with Crippen molar-refractivity contribution < 1.29 is 14.3 Å². The van der Waals surface area contributed by atoms with Crippen LogP contribution in [0, 0.1) is 0 Å². The van der Waals surface area contributed by atoms with Crippen molar-refractivity contribution in [3.63, 3.8) is 0 Å². The van der Waals surface area contributed by atoms with Gasteiger partial charge in [0.05, 0.1) is 7.11 Å². The molecule has 0 N–H and O–H groups in total. The van der Waals surface area contributed by atoms with Gasteiger partial charge in [-0.15, -0.1) is 11.3 Å². The number of ketones is 1. The van der Waals surface area contributed by atoms with Gasteiger partial charge in [-0.05, 0) is 53.6 Å². The van der Waals surface area contributed by atoms with Crippen molar-refractivity contribution in [3.8, 4) is 5.75 Å². The van der Waals surface area contributed by atoms with Crippen LogP contribution in [0.4, 0.5) is 5.69 Å². The molecular formula is C26H23NO3S. The smallest absolute Gasteiger partial charge is 0.232 e. The average Bonchev–Trinajstić information content (AvgIpc) is 3.34. The van der Waals surface area contributed by atoms with Gasteiger partial charge in [-0.25, -0.2) is 0 Å². The van der Waals surface area contributed by atoms with Gasteiger partial charge in [0.1, 0.15) is 5.75 Å². The summed E-state index contributed by atoms with van der Waals surface area (Å²) in [7, 11) is 1.62. The minimum Gasteiger partial charge on any atom is -0.497 e. The molecule has 2 atom stereocenters. The van der Waals surface area contributed by atoms with Crippen LogP contribution in [0.25, 0.3) is 0 Å². The van der Waals surface area contributed by atoms with Crippen LogP contribution in [0.3, 0.4) is 0 Å². The summed E-state index contributed by atoms with van der Waals surface area (Å²) in [4.78, 5) is 29.8. The van der Waals surface area contributed by atoms with Crippen LogP contribution < -0.4 is 9.64 Å². The van der Waals surface area contributed by atoms with E-state index < -0.39 is 0 Å². The van der Waals surface area contributed by atoms with Gasteiger partial charge < -0.3 is 4.74 Å². The molecule has 4 nitrogen and oxygen atoms in total. The Morgan fingerprint density at radius 3 is 2.35 bits per heavy atom. The molecule has 0 fully saturated rings. The Kier molecular flexibility index (Phi) is 5.20. The highest BCUT2D eigenvalue weighted by atomic mass is 32.1. The number of Topliss-reactive ketones (excluding diaryl/α,β-unsaturated/α-hetero) is 1. The Hall–Kier alpha value is -3.18. The molecule has 2 aliphatic rings. The minimum atomic E-state index is -0.152. The summed E-state index contributed by atoms with van der Waals surface area (Å²) in [6, 6.07) is 21.7. The number of carbonyl (C=O) groups excluding carboxylic acids is 2. The number of anilines is 1. The summed E-state index contributed by atoms with van der Waals surface area (Å²) in [5, 5.41) is 2.01. The lowest BCUT2D eigenvalue weighted by Crippen LogP contribution is -2.41. The zero-order valence-electron chi connectivity index (χ0n) is 17.3. The van der Waals surface area contributed by atoms with Gasteiger partial charge in [0.15, 0.2) is 5.78 Å². The van der Waals surface area contributed by atoms with E-state index >= 15 is 0 Å². The summed E-state index contributed by atoms with van der Waals surface area (Å²) >= 11 is 1.61. The van der Waals surface area contributed by atoms with Crippen LogP contribution in [0.1, 0.15) is 41.5 Å². The molecule has 0 bridgehead atoms. The number of hydrogen-bond acceptors (Lipinski definition) is 4. The zero-order valence-corrected chi connectivity index (χ0v) is 18.1. The van der Waals surface area contributed by atoms with Gasteiger partial charge in [0.25, 0.3) is 0 Å².